The summed E-state index contributed by atoms with van der Waals surface area (Å²) in [6.45, 7) is 0.711. The van der Waals surface area contributed by atoms with Gasteiger partial charge >= 0.3 is 0 Å². The highest BCUT2D eigenvalue weighted by Crippen LogP contribution is 2.51. The van der Waals surface area contributed by atoms with Crippen LogP contribution in [0.3, 0.4) is 0 Å². The van der Waals surface area contributed by atoms with Crippen molar-refractivity contribution in [3.8, 4) is 5.75 Å². The summed E-state index contributed by atoms with van der Waals surface area (Å²) >= 11 is 0. The lowest BCUT2D eigenvalue weighted by atomic mass is 9.73. The number of phenolic OH excluding ortho intramolecular Hbond substituents is 1. The summed E-state index contributed by atoms with van der Waals surface area (Å²) < 4.78 is 0. The first-order valence-corrected chi connectivity index (χ1v) is 6.30. The molecule has 90 valence electrons. The molecule has 2 N–H and O–H groups in total. The molecule has 1 aliphatic heterocycles. The number of rotatable bonds is 1. The van der Waals surface area contributed by atoms with Gasteiger partial charge in [-0.15, -0.1) is 0 Å². The molecule has 3 heteroatoms. The molecular weight excluding hydrogens is 214 g/mol. The number of aromatic hydroxyl groups is 1. The van der Waals surface area contributed by atoms with E-state index < -0.39 is 0 Å². The molecule has 1 saturated heterocycles. The largest absolute Gasteiger partial charge is 0.508 e. The topological polar surface area (TPSA) is 49.3 Å². The van der Waals surface area contributed by atoms with Gasteiger partial charge in [-0.3, -0.25) is 4.79 Å². The van der Waals surface area contributed by atoms with Crippen molar-refractivity contribution in [1.29, 1.82) is 0 Å². The average Bonchev–Trinajstić information content (AvgIpc) is 2.90. The normalized spacial score (nSPS) is 26.4. The zero-order valence-corrected chi connectivity index (χ0v) is 9.78. The predicted molar refractivity (Wildman–Crippen MR) is 64.8 cm³/mol. The molecule has 1 aromatic rings. The van der Waals surface area contributed by atoms with Crippen LogP contribution in [0.15, 0.2) is 24.3 Å². The Labute approximate surface area is 101 Å². The van der Waals surface area contributed by atoms with E-state index in [1.807, 2.05) is 12.1 Å². The molecule has 0 unspecified atom stereocenters. The molecule has 1 aliphatic carbocycles. The minimum atomic E-state index is -0.201. The Kier molecular flexibility index (Phi) is 2.35. The third-order valence-corrected chi connectivity index (χ3v) is 4.35. The van der Waals surface area contributed by atoms with Gasteiger partial charge in [-0.05, 0) is 30.5 Å². The van der Waals surface area contributed by atoms with Crippen LogP contribution in [0.25, 0.3) is 0 Å². The Morgan fingerprint density at radius 2 is 2.06 bits per heavy atom. The highest BCUT2D eigenvalue weighted by atomic mass is 16.3. The lowest BCUT2D eigenvalue weighted by Crippen LogP contribution is -2.31. The van der Waals surface area contributed by atoms with Gasteiger partial charge in [-0.25, -0.2) is 0 Å². The van der Waals surface area contributed by atoms with Gasteiger partial charge in [0.1, 0.15) is 5.75 Å². The fourth-order valence-electron chi connectivity index (χ4n) is 3.48. The number of benzene rings is 1. The van der Waals surface area contributed by atoms with E-state index in [0.29, 0.717) is 6.54 Å². The zero-order chi connectivity index (χ0) is 11.9. The lowest BCUT2D eigenvalue weighted by molar-refractivity contribution is -0.127. The van der Waals surface area contributed by atoms with Crippen molar-refractivity contribution in [2.75, 3.05) is 6.54 Å². The van der Waals surface area contributed by atoms with Crippen LogP contribution < -0.4 is 5.32 Å². The Balaban J connectivity index is 2.00. The van der Waals surface area contributed by atoms with Crippen LogP contribution in [-0.2, 0) is 4.79 Å². The number of amides is 1. The summed E-state index contributed by atoms with van der Waals surface area (Å²) in [4.78, 5) is 12.1. The molecule has 2 aliphatic rings. The summed E-state index contributed by atoms with van der Waals surface area (Å²) in [6.07, 6.45) is 4.25. The van der Waals surface area contributed by atoms with Crippen LogP contribution in [0.2, 0.25) is 0 Å². The lowest BCUT2D eigenvalue weighted by Gasteiger charge is -2.27. The second-order valence-corrected chi connectivity index (χ2v) is 5.22. The molecule has 17 heavy (non-hydrogen) atoms. The second-order valence-electron chi connectivity index (χ2n) is 5.22. The standard InChI is InChI=1S/C14H17NO2/c16-11-5-3-4-10(8-11)12-9-15-13(17)14(12)6-1-2-7-14/h3-5,8,12,16H,1-2,6-7,9H2,(H,15,17)/t12-/m0/s1. The van der Waals surface area contributed by atoms with Crippen LogP contribution in [-0.4, -0.2) is 17.6 Å². The molecule has 3 rings (SSSR count). The summed E-state index contributed by atoms with van der Waals surface area (Å²) in [6, 6.07) is 7.35. The Hall–Kier alpha value is -1.51. The molecule has 2 fully saturated rings. The van der Waals surface area contributed by atoms with Crippen LogP contribution in [0, 0.1) is 5.41 Å². The van der Waals surface area contributed by atoms with Gasteiger partial charge in [0.2, 0.25) is 5.91 Å². The van der Waals surface area contributed by atoms with Crippen molar-refractivity contribution in [3.63, 3.8) is 0 Å². The fraction of sp³-hybridized carbons (Fsp3) is 0.500. The molecular formula is C14H17NO2. The number of hydrogen-bond acceptors (Lipinski definition) is 2. The van der Waals surface area contributed by atoms with E-state index in [1.54, 1.807) is 12.1 Å². The van der Waals surface area contributed by atoms with E-state index in [1.165, 1.54) is 0 Å². The minimum Gasteiger partial charge on any atom is -0.508 e. The number of carbonyl (C=O) groups is 1. The van der Waals surface area contributed by atoms with Crippen molar-refractivity contribution in [1.82, 2.24) is 5.32 Å². The van der Waals surface area contributed by atoms with Gasteiger partial charge in [0.15, 0.2) is 0 Å². The van der Waals surface area contributed by atoms with Gasteiger partial charge in [-0.2, -0.15) is 0 Å². The van der Waals surface area contributed by atoms with Gasteiger partial charge in [-0.1, -0.05) is 25.0 Å². The van der Waals surface area contributed by atoms with Crippen molar-refractivity contribution in [3.05, 3.63) is 29.8 Å². The Morgan fingerprint density at radius 1 is 1.29 bits per heavy atom. The van der Waals surface area contributed by atoms with Gasteiger partial charge in [0.25, 0.3) is 0 Å². The number of phenols is 1. The summed E-state index contributed by atoms with van der Waals surface area (Å²) in [5.74, 6) is 0.725. The van der Waals surface area contributed by atoms with Crippen molar-refractivity contribution >= 4 is 5.91 Å². The molecule has 1 spiro atoms. The van der Waals surface area contributed by atoms with E-state index in [9.17, 15) is 9.90 Å². The van der Waals surface area contributed by atoms with Crippen LogP contribution >= 0.6 is 0 Å². The minimum absolute atomic E-state index is 0.201. The SMILES string of the molecule is O=C1NC[C@@H](c2cccc(O)c2)C12CCCC2. The van der Waals surface area contributed by atoms with E-state index in [0.717, 1.165) is 31.2 Å². The summed E-state index contributed by atoms with van der Waals surface area (Å²) in [5, 5.41) is 12.6. The van der Waals surface area contributed by atoms with Crippen LogP contribution in [0.4, 0.5) is 0 Å². The first kappa shape index (κ1) is 10.6. The van der Waals surface area contributed by atoms with Crippen molar-refractivity contribution < 1.29 is 9.90 Å². The zero-order valence-electron chi connectivity index (χ0n) is 9.78. The van der Waals surface area contributed by atoms with Crippen LogP contribution in [0.1, 0.15) is 37.2 Å². The van der Waals surface area contributed by atoms with E-state index in [2.05, 4.69) is 5.32 Å². The first-order valence-electron chi connectivity index (χ1n) is 6.30. The molecule has 1 aromatic carbocycles. The maximum absolute atomic E-state index is 12.1. The molecule has 1 saturated carbocycles. The first-order chi connectivity index (χ1) is 8.22. The molecule has 1 amide bonds. The maximum Gasteiger partial charge on any atom is 0.226 e. The maximum atomic E-state index is 12.1. The molecule has 0 aromatic heterocycles. The highest BCUT2D eigenvalue weighted by molar-refractivity contribution is 5.86. The quantitative estimate of drug-likeness (QED) is 0.778. The molecule has 0 radical (unpaired) electrons. The third-order valence-electron chi connectivity index (χ3n) is 4.35. The predicted octanol–water partition coefficient (Wildman–Crippen LogP) is 2.17. The molecule has 1 atom stereocenters. The van der Waals surface area contributed by atoms with Gasteiger partial charge in [0, 0.05) is 12.5 Å². The number of hydrogen-bond donors (Lipinski definition) is 2. The van der Waals surface area contributed by atoms with Crippen molar-refractivity contribution in [2.45, 2.75) is 31.6 Å². The van der Waals surface area contributed by atoms with E-state index in [-0.39, 0.29) is 23.0 Å². The number of nitrogens with one attached hydrogen (secondary N) is 1. The Bertz CT molecular complexity index is 449. The molecule has 1 heterocycles. The van der Waals surface area contributed by atoms with Gasteiger partial charge < -0.3 is 10.4 Å². The number of carbonyl (C=O) groups excluding carboxylic acids is 1. The molecule has 0 bridgehead atoms. The van der Waals surface area contributed by atoms with Crippen LogP contribution in [0.5, 0.6) is 5.75 Å². The van der Waals surface area contributed by atoms with E-state index in [4.69, 9.17) is 0 Å². The fourth-order valence-corrected chi connectivity index (χ4v) is 3.48. The van der Waals surface area contributed by atoms with E-state index >= 15 is 0 Å². The smallest absolute Gasteiger partial charge is 0.226 e. The monoisotopic (exact) mass is 231 g/mol. The third kappa shape index (κ3) is 1.53. The molecule has 3 nitrogen and oxygen atoms in total. The second kappa shape index (κ2) is 3.76. The average molecular weight is 231 g/mol. The summed E-state index contributed by atoms with van der Waals surface area (Å²) in [5.41, 5.74) is 0.888. The highest BCUT2D eigenvalue weighted by Gasteiger charge is 2.51. The van der Waals surface area contributed by atoms with Gasteiger partial charge in [0.05, 0.1) is 5.41 Å². The summed E-state index contributed by atoms with van der Waals surface area (Å²) in [7, 11) is 0. The van der Waals surface area contributed by atoms with Crippen molar-refractivity contribution in [2.24, 2.45) is 5.41 Å². The Morgan fingerprint density at radius 3 is 2.76 bits per heavy atom.